The van der Waals surface area contributed by atoms with E-state index < -0.39 is 24.2 Å². The van der Waals surface area contributed by atoms with Crippen LogP contribution in [0.4, 0.5) is 4.79 Å². The molecule has 2 unspecified atom stereocenters. The summed E-state index contributed by atoms with van der Waals surface area (Å²) in [6.45, 7) is 2.35. The van der Waals surface area contributed by atoms with Gasteiger partial charge in [-0.25, -0.2) is 9.79 Å². The van der Waals surface area contributed by atoms with E-state index in [2.05, 4.69) is 10.3 Å². The molecule has 2 heterocycles. The van der Waals surface area contributed by atoms with Gasteiger partial charge in [-0.2, -0.15) is 0 Å². The van der Waals surface area contributed by atoms with E-state index in [1.807, 2.05) is 19.1 Å². The molecule has 1 saturated heterocycles. The van der Waals surface area contributed by atoms with Crippen molar-refractivity contribution in [2.45, 2.75) is 25.6 Å². The van der Waals surface area contributed by atoms with Gasteiger partial charge in [-0.05, 0) is 6.92 Å². The van der Waals surface area contributed by atoms with Crippen molar-refractivity contribution in [1.29, 1.82) is 0 Å². The number of rotatable bonds is 5. The van der Waals surface area contributed by atoms with Gasteiger partial charge in [0.1, 0.15) is 0 Å². The number of aliphatic carboxylic acids is 1. The van der Waals surface area contributed by atoms with Crippen molar-refractivity contribution in [2.24, 2.45) is 4.99 Å². The van der Waals surface area contributed by atoms with Gasteiger partial charge in [-0.3, -0.25) is 14.9 Å². The first-order valence-corrected chi connectivity index (χ1v) is 7.82. The van der Waals surface area contributed by atoms with Gasteiger partial charge in [0.25, 0.3) is 5.91 Å². The van der Waals surface area contributed by atoms with Crippen molar-refractivity contribution in [3.63, 3.8) is 0 Å². The van der Waals surface area contributed by atoms with E-state index in [1.54, 1.807) is 11.9 Å². The number of aliphatic imine (C=N–C) groups is 1. The number of nitrogens with zero attached hydrogens (tertiary/aromatic N) is 3. The summed E-state index contributed by atoms with van der Waals surface area (Å²) in [7, 11) is 1.58. The fourth-order valence-electron chi connectivity index (χ4n) is 2.26. The molecule has 3 amide bonds. The molecular weight excluding hydrogens is 308 g/mol. The highest BCUT2D eigenvalue weighted by Gasteiger charge is 2.48. The maximum absolute atomic E-state index is 12.1. The Morgan fingerprint density at radius 3 is 2.86 bits per heavy atom. The lowest BCUT2D eigenvalue weighted by molar-refractivity contribution is -0.136. The Morgan fingerprint density at radius 2 is 2.23 bits per heavy atom. The third-order valence-electron chi connectivity index (χ3n) is 3.41. The van der Waals surface area contributed by atoms with E-state index in [9.17, 15) is 14.4 Å². The van der Waals surface area contributed by atoms with Gasteiger partial charge < -0.3 is 14.9 Å². The third kappa shape index (κ3) is 3.24. The van der Waals surface area contributed by atoms with Gasteiger partial charge >= 0.3 is 12.0 Å². The summed E-state index contributed by atoms with van der Waals surface area (Å²) in [4.78, 5) is 42.1. The Morgan fingerprint density at radius 1 is 1.50 bits per heavy atom. The summed E-state index contributed by atoms with van der Waals surface area (Å²) in [6, 6.07) is -1.05. The maximum atomic E-state index is 12.1. The summed E-state index contributed by atoms with van der Waals surface area (Å²) < 4.78 is 0. The van der Waals surface area contributed by atoms with Crippen LogP contribution in [-0.2, 0) is 9.59 Å². The minimum atomic E-state index is -0.881. The van der Waals surface area contributed by atoms with Crippen molar-refractivity contribution >= 4 is 34.8 Å². The second-order valence-corrected chi connectivity index (χ2v) is 5.95. The third-order valence-corrected chi connectivity index (χ3v) is 4.41. The van der Waals surface area contributed by atoms with Crippen LogP contribution in [0.2, 0.25) is 0 Å². The molecule has 0 aromatic carbocycles. The average molecular weight is 326 g/mol. The van der Waals surface area contributed by atoms with E-state index in [1.165, 1.54) is 16.7 Å². The van der Waals surface area contributed by atoms with Gasteiger partial charge in [0.05, 0.1) is 6.42 Å². The highest BCUT2D eigenvalue weighted by Crippen LogP contribution is 2.28. The zero-order chi connectivity index (χ0) is 16.3. The largest absolute Gasteiger partial charge is 0.481 e. The summed E-state index contributed by atoms with van der Waals surface area (Å²) in [5.41, 5.74) is 0. The number of carboxylic acids is 1. The van der Waals surface area contributed by atoms with Crippen molar-refractivity contribution in [1.82, 2.24) is 15.1 Å². The predicted octanol–water partition coefficient (Wildman–Crippen LogP) is 0.318. The van der Waals surface area contributed by atoms with E-state index in [4.69, 9.17) is 5.11 Å². The van der Waals surface area contributed by atoms with Crippen LogP contribution >= 0.6 is 11.8 Å². The molecule has 0 aromatic heterocycles. The van der Waals surface area contributed by atoms with E-state index in [0.717, 1.165) is 0 Å². The number of imide groups is 1. The Hall–Kier alpha value is -2.03. The Kier molecular flexibility index (Phi) is 5.07. The SMILES string of the molecule is C/C=C/CN1C(SCCC(=O)O)=NC2C1C(=O)NC(=O)N2C. The summed E-state index contributed by atoms with van der Waals surface area (Å²) in [5, 5.41) is 11.6. The highest BCUT2D eigenvalue weighted by molar-refractivity contribution is 8.13. The summed E-state index contributed by atoms with van der Waals surface area (Å²) >= 11 is 1.29. The number of fused-ring (bicyclic) bond motifs is 1. The van der Waals surface area contributed by atoms with Gasteiger partial charge in [0.2, 0.25) is 0 Å². The molecule has 9 heteroatoms. The molecule has 1 fully saturated rings. The molecule has 0 spiro atoms. The standard InChI is InChI=1S/C13H18N4O4S/c1-3-4-6-17-9-10(16(2)12(21)15-11(9)20)14-13(17)22-7-5-8(18)19/h3-4,9-10H,5-7H2,1-2H3,(H,18,19)(H,15,20,21)/b4-3+. The first kappa shape index (κ1) is 16.3. The minimum Gasteiger partial charge on any atom is -0.481 e. The normalized spacial score (nSPS) is 24.5. The lowest BCUT2D eigenvalue weighted by Gasteiger charge is -2.35. The number of carbonyl (C=O) groups excluding carboxylic acids is 2. The number of allylic oxidation sites excluding steroid dienone is 1. The van der Waals surface area contributed by atoms with Crippen molar-refractivity contribution in [2.75, 3.05) is 19.3 Å². The highest BCUT2D eigenvalue weighted by atomic mass is 32.2. The number of amidine groups is 1. The van der Waals surface area contributed by atoms with Crippen LogP contribution in [0.25, 0.3) is 0 Å². The number of nitrogens with one attached hydrogen (secondary N) is 1. The summed E-state index contributed by atoms with van der Waals surface area (Å²) in [5.74, 6) is -0.900. The van der Waals surface area contributed by atoms with Crippen molar-refractivity contribution in [3.05, 3.63) is 12.2 Å². The molecule has 22 heavy (non-hydrogen) atoms. The molecule has 0 bridgehead atoms. The number of hydrogen-bond donors (Lipinski definition) is 2. The number of carboxylic acid groups (broad SMARTS) is 1. The summed E-state index contributed by atoms with van der Waals surface area (Å²) in [6.07, 6.45) is 3.19. The number of urea groups is 1. The first-order chi connectivity index (χ1) is 10.5. The lowest BCUT2D eigenvalue weighted by Crippen LogP contribution is -2.63. The number of carbonyl (C=O) groups is 3. The molecule has 8 nitrogen and oxygen atoms in total. The van der Waals surface area contributed by atoms with Gasteiger partial charge in [-0.1, -0.05) is 23.9 Å². The molecule has 2 atom stereocenters. The van der Waals surface area contributed by atoms with E-state index in [0.29, 0.717) is 17.5 Å². The lowest BCUT2D eigenvalue weighted by atomic mass is 10.1. The van der Waals surface area contributed by atoms with Gasteiger partial charge in [0.15, 0.2) is 17.4 Å². The fraction of sp³-hybridized carbons (Fsp3) is 0.538. The maximum Gasteiger partial charge on any atom is 0.325 e. The number of likely N-dealkylation sites (N-methyl/N-ethyl adjacent to an activating group) is 1. The van der Waals surface area contributed by atoms with Crippen LogP contribution < -0.4 is 5.32 Å². The molecule has 120 valence electrons. The molecule has 2 aliphatic heterocycles. The van der Waals surface area contributed by atoms with Crippen LogP contribution in [0.15, 0.2) is 17.1 Å². The Labute approximate surface area is 132 Å². The van der Waals surface area contributed by atoms with E-state index in [-0.39, 0.29) is 12.3 Å². The zero-order valence-corrected chi connectivity index (χ0v) is 13.2. The average Bonchev–Trinajstić information content (AvgIpc) is 2.81. The molecule has 0 saturated carbocycles. The second kappa shape index (κ2) is 6.82. The monoisotopic (exact) mass is 326 g/mol. The first-order valence-electron chi connectivity index (χ1n) is 6.83. The molecule has 0 radical (unpaired) electrons. The van der Waals surface area contributed by atoms with Crippen LogP contribution in [0.3, 0.4) is 0 Å². The Bertz CT molecular complexity index is 548. The zero-order valence-electron chi connectivity index (χ0n) is 12.4. The molecule has 0 aromatic rings. The molecule has 2 rings (SSSR count). The minimum absolute atomic E-state index is 0.0114. The quantitative estimate of drug-likeness (QED) is 0.705. The van der Waals surface area contributed by atoms with Crippen molar-refractivity contribution < 1.29 is 19.5 Å². The molecule has 0 aliphatic carbocycles. The van der Waals surface area contributed by atoms with E-state index >= 15 is 0 Å². The van der Waals surface area contributed by atoms with Gasteiger partial charge in [0, 0.05) is 19.3 Å². The predicted molar refractivity (Wildman–Crippen MR) is 82.5 cm³/mol. The second-order valence-electron chi connectivity index (χ2n) is 4.89. The molecule has 2 N–H and O–H groups in total. The number of thioether (sulfide) groups is 1. The van der Waals surface area contributed by atoms with Crippen LogP contribution in [0.5, 0.6) is 0 Å². The topological polar surface area (TPSA) is 102 Å². The van der Waals surface area contributed by atoms with Crippen LogP contribution in [0.1, 0.15) is 13.3 Å². The number of hydrogen-bond acceptors (Lipinski definition) is 6. The molecule has 2 aliphatic rings. The Balaban J connectivity index is 2.19. The van der Waals surface area contributed by atoms with Crippen LogP contribution in [0, 0.1) is 0 Å². The number of amides is 3. The molecular formula is C13H18N4O4S. The smallest absolute Gasteiger partial charge is 0.325 e. The van der Waals surface area contributed by atoms with Gasteiger partial charge in [-0.15, -0.1) is 0 Å². The fourth-order valence-corrected chi connectivity index (χ4v) is 3.26. The van der Waals surface area contributed by atoms with Crippen LogP contribution in [-0.4, -0.2) is 69.5 Å². The van der Waals surface area contributed by atoms with Crippen molar-refractivity contribution in [3.8, 4) is 0 Å².